The van der Waals surface area contributed by atoms with Gasteiger partial charge in [-0.15, -0.1) is 0 Å². The number of nitrogens with two attached hydrogens (primary N) is 1. The smallest absolute Gasteiger partial charge is 0.188 e. The molecule has 0 saturated carbocycles. The van der Waals surface area contributed by atoms with E-state index in [1.54, 1.807) is 0 Å². The number of hydrogen-bond acceptors (Lipinski definition) is 2. The van der Waals surface area contributed by atoms with Crippen LogP contribution in [0.5, 0.6) is 0 Å². The van der Waals surface area contributed by atoms with Crippen LogP contribution in [0.15, 0.2) is 4.99 Å². The Morgan fingerprint density at radius 2 is 2.18 bits per heavy atom. The molecular formula is C13H28N4. The Morgan fingerprint density at radius 3 is 2.76 bits per heavy atom. The number of rotatable bonds is 4. The standard InChI is InChI=1S/C13H28N4/c1-10(2)16-13(14)15-8-12(4)17-7-5-6-11(3)9-17/h10-12H,5-9H2,1-4H3,(H3,14,15,16). The maximum atomic E-state index is 5.80. The fraction of sp³-hybridized carbons (Fsp3) is 0.923. The molecular weight excluding hydrogens is 212 g/mol. The second-order valence-electron chi connectivity index (χ2n) is 5.62. The molecule has 100 valence electrons. The van der Waals surface area contributed by atoms with Gasteiger partial charge in [-0.25, -0.2) is 0 Å². The SMILES string of the molecule is CC1CCCN(C(C)CN=C(N)NC(C)C)C1. The molecule has 0 radical (unpaired) electrons. The molecule has 0 aromatic heterocycles. The largest absolute Gasteiger partial charge is 0.370 e. The van der Waals surface area contributed by atoms with E-state index in [1.165, 1.54) is 25.9 Å². The van der Waals surface area contributed by atoms with Crippen molar-refractivity contribution in [2.75, 3.05) is 19.6 Å². The number of nitrogens with one attached hydrogen (secondary N) is 1. The number of aliphatic imine (C=N–C) groups is 1. The van der Waals surface area contributed by atoms with Crippen LogP contribution in [0.1, 0.15) is 40.5 Å². The monoisotopic (exact) mass is 240 g/mol. The summed E-state index contributed by atoms with van der Waals surface area (Å²) in [6.07, 6.45) is 2.68. The summed E-state index contributed by atoms with van der Waals surface area (Å²) in [5.74, 6) is 1.39. The predicted octanol–water partition coefficient (Wildman–Crippen LogP) is 1.42. The summed E-state index contributed by atoms with van der Waals surface area (Å²) in [7, 11) is 0. The summed E-state index contributed by atoms with van der Waals surface area (Å²) in [5, 5.41) is 3.12. The third-order valence-electron chi connectivity index (χ3n) is 3.27. The molecule has 4 nitrogen and oxygen atoms in total. The first-order chi connectivity index (χ1) is 7.99. The lowest BCUT2D eigenvalue weighted by Gasteiger charge is -2.34. The quantitative estimate of drug-likeness (QED) is 0.577. The van der Waals surface area contributed by atoms with Gasteiger partial charge in [0.2, 0.25) is 0 Å². The van der Waals surface area contributed by atoms with Crippen LogP contribution in [0.4, 0.5) is 0 Å². The topological polar surface area (TPSA) is 53.6 Å². The van der Waals surface area contributed by atoms with Gasteiger partial charge in [-0.3, -0.25) is 9.89 Å². The Balaban J connectivity index is 2.35. The van der Waals surface area contributed by atoms with E-state index in [9.17, 15) is 0 Å². The molecule has 1 heterocycles. The van der Waals surface area contributed by atoms with Gasteiger partial charge < -0.3 is 11.1 Å². The van der Waals surface area contributed by atoms with E-state index in [0.717, 1.165) is 12.5 Å². The van der Waals surface area contributed by atoms with Crippen molar-refractivity contribution in [2.45, 2.75) is 52.6 Å². The lowest BCUT2D eigenvalue weighted by Crippen LogP contribution is -2.43. The lowest BCUT2D eigenvalue weighted by atomic mass is 9.99. The minimum Gasteiger partial charge on any atom is -0.370 e. The van der Waals surface area contributed by atoms with Crippen molar-refractivity contribution in [1.29, 1.82) is 0 Å². The predicted molar refractivity (Wildman–Crippen MR) is 74.2 cm³/mol. The average molecular weight is 240 g/mol. The second-order valence-corrected chi connectivity index (χ2v) is 5.62. The minimum absolute atomic E-state index is 0.351. The number of likely N-dealkylation sites (tertiary alicyclic amines) is 1. The zero-order valence-corrected chi connectivity index (χ0v) is 11.7. The van der Waals surface area contributed by atoms with Crippen LogP contribution in [0.25, 0.3) is 0 Å². The van der Waals surface area contributed by atoms with E-state index in [1.807, 2.05) is 0 Å². The highest BCUT2D eigenvalue weighted by Crippen LogP contribution is 2.17. The molecule has 0 aliphatic carbocycles. The molecule has 2 unspecified atom stereocenters. The van der Waals surface area contributed by atoms with Gasteiger partial charge in [-0.05, 0) is 46.1 Å². The Morgan fingerprint density at radius 1 is 1.47 bits per heavy atom. The highest BCUT2D eigenvalue weighted by molar-refractivity contribution is 5.78. The summed E-state index contributed by atoms with van der Waals surface area (Å²) < 4.78 is 0. The third kappa shape index (κ3) is 5.39. The maximum Gasteiger partial charge on any atom is 0.188 e. The van der Waals surface area contributed by atoms with E-state index >= 15 is 0 Å². The summed E-state index contributed by atoms with van der Waals surface area (Å²) in [6.45, 7) is 11.9. The number of guanidine groups is 1. The van der Waals surface area contributed by atoms with Gasteiger partial charge >= 0.3 is 0 Å². The van der Waals surface area contributed by atoms with Gasteiger partial charge in [-0.2, -0.15) is 0 Å². The number of nitrogens with zero attached hydrogens (tertiary/aromatic N) is 2. The van der Waals surface area contributed by atoms with Crippen molar-refractivity contribution < 1.29 is 0 Å². The fourth-order valence-electron chi connectivity index (χ4n) is 2.31. The van der Waals surface area contributed by atoms with Crippen LogP contribution in [-0.4, -0.2) is 42.6 Å². The van der Waals surface area contributed by atoms with Crippen molar-refractivity contribution in [3.8, 4) is 0 Å². The van der Waals surface area contributed by atoms with E-state index in [0.29, 0.717) is 18.0 Å². The number of piperidine rings is 1. The first-order valence-corrected chi connectivity index (χ1v) is 6.79. The van der Waals surface area contributed by atoms with Crippen LogP contribution < -0.4 is 11.1 Å². The molecule has 2 atom stereocenters. The molecule has 0 spiro atoms. The van der Waals surface area contributed by atoms with E-state index in [2.05, 4.69) is 42.9 Å². The summed E-state index contributed by atoms with van der Waals surface area (Å²) in [4.78, 5) is 6.93. The molecule has 1 fully saturated rings. The zero-order chi connectivity index (χ0) is 12.8. The van der Waals surface area contributed by atoms with Gasteiger partial charge in [0.15, 0.2) is 5.96 Å². The molecule has 0 bridgehead atoms. The van der Waals surface area contributed by atoms with E-state index in [-0.39, 0.29) is 0 Å². The molecule has 3 N–H and O–H groups in total. The van der Waals surface area contributed by atoms with Crippen molar-refractivity contribution in [3.05, 3.63) is 0 Å². The van der Waals surface area contributed by atoms with Gasteiger partial charge in [-0.1, -0.05) is 6.92 Å². The minimum atomic E-state index is 0.351. The maximum absolute atomic E-state index is 5.80. The highest BCUT2D eigenvalue weighted by Gasteiger charge is 2.20. The zero-order valence-electron chi connectivity index (χ0n) is 11.7. The van der Waals surface area contributed by atoms with Crippen LogP contribution in [0, 0.1) is 5.92 Å². The molecule has 1 saturated heterocycles. The highest BCUT2D eigenvalue weighted by atomic mass is 15.2. The van der Waals surface area contributed by atoms with Crippen molar-refractivity contribution in [1.82, 2.24) is 10.2 Å². The first-order valence-electron chi connectivity index (χ1n) is 6.79. The van der Waals surface area contributed by atoms with Crippen molar-refractivity contribution >= 4 is 5.96 Å². The summed E-state index contributed by atoms with van der Waals surface area (Å²) in [6, 6.07) is 0.842. The Bertz CT molecular complexity index is 250. The van der Waals surface area contributed by atoms with Gasteiger partial charge in [0.05, 0.1) is 6.54 Å². The van der Waals surface area contributed by atoms with Gasteiger partial charge in [0.1, 0.15) is 0 Å². The van der Waals surface area contributed by atoms with Crippen LogP contribution in [0.2, 0.25) is 0 Å². The molecule has 17 heavy (non-hydrogen) atoms. The van der Waals surface area contributed by atoms with E-state index in [4.69, 9.17) is 5.73 Å². The molecule has 1 rings (SSSR count). The van der Waals surface area contributed by atoms with Crippen molar-refractivity contribution in [3.63, 3.8) is 0 Å². The van der Waals surface area contributed by atoms with E-state index < -0.39 is 0 Å². The molecule has 0 aromatic rings. The fourth-order valence-corrected chi connectivity index (χ4v) is 2.31. The van der Waals surface area contributed by atoms with Crippen LogP contribution >= 0.6 is 0 Å². The number of hydrogen-bond donors (Lipinski definition) is 2. The van der Waals surface area contributed by atoms with Crippen LogP contribution in [0.3, 0.4) is 0 Å². The second kappa shape index (κ2) is 6.84. The molecule has 0 amide bonds. The van der Waals surface area contributed by atoms with Gasteiger partial charge in [0.25, 0.3) is 0 Å². The normalized spacial score (nSPS) is 25.0. The summed E-state index contributed by atoms with van der Waals surface area (Å²) in [5.41, 5.74) is 5.80. The third-order valence-corrected chi connectivity index (χ3v) is 3.27. The average Bonchev–Trinajstić information content (AvgIpc) is 2.25. The van der Waals surface area contributed by atoms with Crippen molar-refractivity contribution in [2.24, 2.45) is 16.6 Å². The van der Waals surface area contributed by atoms with Gasteiger partial charge in [0, 0.05) is 18.6 Å². The Labute approximate surface area is 106 Å². The van der Waals surface area contributed by atoms with Crippen LogP contribution in [-0.2, 0) is 0 Å². The Kier molecular flexibility index (Phi) is 5.75. The molecule has 4 heteroatoms. The molecule has 1 aliphatic heterocycles. The Hall–Kier alpha value is -0.770. The summed E-state index contributed by atoms with van der Waals surface area (Å²) >= 11 is 0. The first kappa shape index (κ1) is 14.3. The molecule has 1 aliphatic rings. The molecule has 0 aromatic carbocycles. The lowest BCUT2D eigenvalue weighted by molar-refractivity contribution is 0.142.